The van der Waals surface area contributed by atoms with E-state index in [0.29, 0.717) is 22.8 Å². The molecule has 9 heteroatoms. The van der Waals surface area contributed by atoms with Gasteiger partial charge in [0.15, 0.2) is 0 Å². The minimum atomic E-state index is -0.877. The maximum Gasteiger partial charge on any atom is 0.252 e. The Bertz CT molecular complexity index is 1320. The Labute approximate surface area is 209 Å². The third-order valence-corrected chi connectivity index (χ3v) is 5.87. The zero-order valence-corrected chi connectivity index (χ0v) is 20.4. The van der Waals surface area contributed by atoms with Crippen LogP contribution in [0.3, 0.4) is 0 Å². The Hall–Kier alpha value is -4.66. The van der Waals surface area contributed by atoms with Gasteiger partial charge in [-0.2, -0.15) is 4.79 Å². The Morgan fingerprint density at radius 3 is 2.28 bits per heavy atom. The molecule has 0 saturated heterocycles. The van der Waals surface area contributed by atoms with Crippen LogP contribution in [0.15, 0.2) is 85.1 Å². The van der Waals surface area contributed by atoms with E-state index in [9.17, 15) is 9.59 Å². The molecule has 4 rings (SSSR count). The summed E-state index contributed by atoms with van der Waals surface area (Å²) in [5, 5.41) is 9.76. The Morgan fingerprint density at radius 1 is 1.00 bits per heavy atom. The van der Waals surface area contributed by atoms with Gasteiger partial charge < -0.3 is 15.4 Å². The van der Waals surface area contributed by atoms with E-state index in [1.165, 1.54) is 21.6 Å². The number of hydrogen-bond acceptors (Lipinski definition) is 6. The van der Waals surface area contributed by atoms with Crippen LogP contribution in [0.1, 0.15) is 12.5 Å². The summed E-state index contributed by atoms with van der Waals surface area (Å²) in [4.78, 5) is 29.7. The highest BCUT2D eigenvalue weighted by molar-refractivity contribution is 6.02. The van der Waals surface area contributed by atoms with Gasteiger partial charge in [0.05, 0.1) is 13.3 Å². The van der Waals surface area contributed by atoms with E-state index in [-0.39, 0.29) is 18.2 Å². The quantitative estimate of drug-likeness (QED) is 0.385. The number of nitrogen functional groups attached to an aromatic ring is 1. The van der Waals surface area contributed by atoms with Gasteiger partial charge in [-0.15, -0.1) is 5.10 Å². The second kappa shape index (κ2) is 10.7. The summed E-state index contributed by atoms with van der Waals surface area (Å²) in [5.41, 5.74) is 9.34. The molecule has 1 aromatic heterocycles. The lowest BCUT2D eigenvalue weighted by atomic mass is 10.0. The fraction of sp³-hybridized carbons (Fsp3) is 0.185. The fourth-order valence-corrected chi connectivity index (χ4v) is 3.93. The molecule has 0 radical (unpaired) electrons. The van der Waals surface area contributed by atoms with Crippen molar-refractivity contribution in [3.05, 3.63) is 90.6 Å². The SMILES string of the molecule is COc1ccc(N(C)C(=O)[C@H](Cc2ccccc2)N(C(C)=O)n2cc(-c3ccc(N)cc3)nn2)cc1. The highest BCUT2D eigenvalue weighted by Gasteiger charge is 2.33. The smallest absolute Gasteiger partial charge is 0.252 e. The first-order valence-corrected chi connectivity index (χ1v) is 11.4. The molecule has 0 aliphatic rings. The summed E-state index contributed by atoms with van der Waals surface area (Å²) >= 11 is 0. The van der Waals surface area contributed by atoms with E-state index in [1.54, 1.807) is 56.8 Å². The maximum atomic E-state index is 13.9. The topological polar surface area (TPSA) is 107 Å². The maximum absolute atomic E-state index is 13.9. The average Bonchev–Trinajstić information content (AvgIpc) is 3.38. The Balaban J connectivity index is 1.71. The molecule has 0 unspecified atom stereocenters. The number of ether oxygens (including phenoxy) is 1. The standard InChI is InChI=1S/C27H28N6O3/c1-19(34)33(32-18-25(29-30-32)21-9-11-22(28)12-10-21)26(17-20-7-5-4-6-8-20)27(35)31(2)23-13-15-24(36-3)16-14-23/h4-16,18,26H,17,28H2,1-3H3/t26-/m0/s1. The van der Waals surface area contributed by atoms with Crippen molar-refractivity contribution in [2.45, 2.75) is 19.4 Å². The molecule has 184 valence electrons. The lowest BCUT2D eigenvalue weighted by Gasteiger charge is -2.32. The highest BCUT2D eigenvalue weighted by atomic mass is 16.5. The van der Waals surface area contributed by atoms with E-state index >= 15 is 0 Å². The van der Waals surface area contributed by atoms with Crippen LogP contribution in [-0.2, 0) is 16.0 Å². The van der Waals surface area contributed by atoms with E-state index in [0.717, 1.165) is 11.1 Å². The molecular weight excluding hydrogens is 456 g/mol. The van der Waals surface area contributed by atoms with E-state index in [2.05, 4.69) is 10.3 Å². The van der Waals surface area contributed by atoms with Gasteiger partial charge in [-0.1, -0.05) is 42.5 Å². The van der Waals surface area contributed by atoms with Gasteiger partial charge in [-0.25, -0.2) is 5.01 Å². The summed E-state index contributed by atoms with van der Waals surface area (Å²) in [6.07, 6.45) is 1.92. The summed E-state index contributed by atoms with van der Waals surface area (Å²) in [6, 6.07) is 23.0. The number of methoxy groups -OCH3 is 1. The van der Waals surface area contributed by atoms with Crippen molar-refractivity contribution >= 4 is 23.2 Å². The zero-order valence-electron chi connectivity index (χ0n) is 20.4. The number of carbonyl (C=O) groups excluding carboxylic acids is 2. The van der Waals surface area contributed by atoms with Crippen LogP contribution in [-0.4, -0.2) is 47.1 Å². The van der Waals surface area contributed by atoms with Gasteiger partial charge in [0, 0.05) is 37.3 Å². The summed E-state index contributed by atoms with van der Waals surface area (Å²) in [7, 11) is 3.27. The number of rotatable bonds is 8. The predicted molar refractivity (Wildman–Crippen MR) is 139 cm³/mol. The van der Waals surface area contributed by atoms with Gasteiger partial charge in [-0.3, -0.25) is 9.59 Å². The van der Waals surface area contributed by atoms with Crippen LogP contribution in [0.2, 0.25) is 0 Å². The minimum Gasteiger partial charge on any atom is -0.497 e. The molecule has 0 spiro atoms. The second-order valence-electron chi connectivity index (χ2n) is 8.31. The number of nitrogens with two attached hydrogens (primary N) is 1. The van der Waals surface area contributed by atoms with Crippen LogP contribution >= 0.6 is 0 Å². The first kappa shape index (κ1) is 24.5. The number of amides is 2. The van der Waals surface area contributed by atoms with Crippen molar-refractivity contribution in [2.24, 2.45) is 0 Å². The molecule has 2 N–H and O–H groups in total. The molecule has 0 fully saturated rings. The number of likely N-dealkylation sites (N-methyl/N-ethyl adjacent to an activating group) is 1. The van der Waals surface area contributed by atoms with E-state index < -0.39 is 6.04 Å². The van der Waals surface area contributed by atoms with Gasteiger partial charge in [0.25, 0.3) is 5.91 Å². The first-order chi connectivity index (χ1) is 17.4. The summed E-state index contributed by atoms with van der Waals surface area (Å²) in [6.45, 7) is 1.41. The molecule has 1 heterocycles. The second-order valence-corrected chi connectivity index (χ2v) is 8.31. The van der Waals surface area contributed by atoms with E-state index in [1.807, 2.05) is 42.5 Å². The number of benzene rings is 3. The van der Waals surface area contributed by atoms with Crippen LogP contribution in [0.5, 0.6) is 5.75 Å². The molecular formula is C27H28N6O3. The van der Waals surface area contributed by atoms with Crippen molar-refractivity contribution in [3.63, 3.8) is 0 Å². The van der Waals surface area contributed by atoms with Gasteiger partial charge in [-0.05, 0) is 47.2 Å². The third-order valence-electron chi connectivity index (χ3n) is 5.87. The van der Waals surface area contributed by atoms with Crippen LogP contribution < -0.4 is 20.4 Å². The molecule has 36 heavy (non-hydrogen) atoms. The number of anilines is 2. The molecule has 3 aromatic carbocycles. The third kappa shape index (κ3) is 5.35. The monoisotopic (exact) mass is 484 g/mol. The number of nitrogens with zero attached hydrogens (tertiary/aromatic N) is 5. The minimum absolute atomic E-state index is 0.274. The van der Waals surface area contributed by atoms with Gasteiger partial charge in [0.2, 0.25) is 5.91 Å². The van der Waals surface area contributed by atoms with Crippen molar-refractivity contribution in [1.29, 1.82) is 0 Å². The van der Waals surface area contributed by atoms with Crippen molar-refractivity contribution in [2.75, 3.05) is 29.8 Å². The molecule has 0 aliphatic carbocycles. The zero-order chi connectivity index (χ0) is 25.7. The average molecular weight is 485 g/mol. The van der Waals surface area contributed by atoms with Crippen molar-refractivity contribution in [3.8, 4) is 17.0 Å². The molecule has 0 saturated carbocycles. The van der Waals surface area contributed by atoms with Crippen molar-refractivity contribution in [1.82, 2.24) is 15.1 Å². The molecule has 1 atom stereocenters. The molecule has 4 aromatic rings. The van der Waals surface area contributed by atoms with Crippen LogP contribution in [0.25, 0.3) is 11.3 Å². The van der Waals surface area contributed by atoms with Gasteiger partial charge in [0.1, 0.15) is 17.5 Å². The van der Waals surface area contributed by atoms with E-state index in [4.69, 9.17) is 10.5 Å². The lowest BCUT2D eigenvalue weighted by molar-refractivity contribution is -0.125. The highest BCUT2D eigenvalue weighted by Crippen LogP contribution is 2.22. The number of carbonyl (C=O) groups is 2. The Morgan fingerprint density at radius 2 is 1.67 bits per heavy atom. The molecule has 0 aliphatic heterocycles. The summed E-state index contributed by atoms with van der Waals surface area (Å²) < 4.78 is 5.23. The summed E-state index contributed by atoms with van der Waals surface area (Å²) in [5.74, 6) is 0.0635. The van der Waals surface area contributed by atoms with Crippen molar-refractivity contribution < 1.29 is 14.3 Å². The predicted octanol–water partition coefficient (Wildman–Crippen LogP) is 3.29. The number of aromatic nitrogens is 3. The van der Waals surface area contributed by atoms with Gasteiger partial charge >= 0.3 is 0 Å². The molecule has 2 amide bonds. The lowest BCUT2D eigenvalue weighted by Crippen LogP contribution is -2.56. The fourth-order valence-electron chi connectivity index (χ4n) is 3.93. The van der Waals surface area contributed by atoms with Crippen LogP contribution in [0.4, 0.5) is 11.4 Å². The first-order valence-electron chi connectivity index (χ1n) is 11.4. The van der Waals surface area contributed by atoms with Crippen LogP contribution in [0, 0.1) is 0 Å². The normalized spacial score (nSPS) is 11.5. The number of hydrogen-bond donors (Lipinski definition) is 1. The largest absolute Gasteiger partial charge is 0.497 e. The Kier molecular flexibility index (Phi) is 7.29. The molecule has 9 nitrogen and oxygen atoms in total. The molecule has 0 bridgehead atoms.